The molecule has 2 aromatic rings. The average Bonchev–Trinajstić information content (AvgIpc) is 3.04. The normalized spacial score (nSPS) is 12.9. The summed E-state index contributed by atoms with van der Waals surface area (Å²) in [5.74, 6) is -0.606. The Balaban J connectivity index is 1.92. The van der Waals surface area contributed by atoms with E-state index in [0.717, 1.165) is 10.4 Å². The summed E-state index contributed by atoms with van der Waals surface area (Å²) in [6.07, 6.45) is 0.0998. The van der Waals surface area contributed by atoms with Gasteiger partial charge in [-0.05, 0) is 36.2 Å². The highest BCUT2D eigenvalue weighted by Gasteiger charge is 2.30. The predicted octanol–water partition coefficient (Wildman–Crippen LogP) is 3.14. The summed E-state index contributed by atoms with van der Waals surface area (Å²) in [5.41, 5.74) is 1.74. The number of carbonyl (C=O) groups excluding carboxylic acids is 3. The molecule has 27 heavy (non-hydrogen) atoms. The number of ether oxygens (including phenoxy) is 1. The molecule has 3 amide bonds. The molecule has 9 heteroatoms. The Morgan fingerprint density at radius 3 is 2.52 bits per heavy atom. The van der Waals surface area contributed by atoms with Gasteiger partial charge in [-0.25, -0.2) is 4.79 Å². The Hall–Kier alpha value is -2.58. The fourth-order valence-electron chi connectivity index (χ4n) is 2.92. The molecule has 0 atom stereocenters. The molecular formula is C18H18ClN3O4S. The first kappa shape index (κ1) is 19.2. The molecule has 0 fully saturated rings. The predicted molar refractivity (Wildman–Crippen MR) is 104 cm³/mol. The molecule has 2 N–H and O–H groups in total. The van der Waals surface area contributed by atoms with E-state index in [1.165, 1.54) is 18.4 Å². The molecule has 3 rings (SSSR count). The van der Waals surface area contributed by atoms with Crippen molar-refractivity contribution in [3.63, 3.8) is 0 Å². The number of carbonyl (C=O) groups is 3. The summed E-state index contributed by atoms with van der Waals surface area (Å²) < 4.78 is 4.77. The number of fused-ring (bicyclic) bond motifs is 1. The van der Waals surface area contributed by atoms with Crippen LogP contribution in [0.5, 0.6) is 0 Å². The minimum absolute atomic E-state index is 0.273. The average molecular weight is 408 g/mol. The number of hydrogen-bond acceptors (Lipinski definition) is 5. The lowest BCUT2D eigenvalue weighted by molar-refractivity contribution is 0.0962. The minimum Gasteiger partial charge on any atom is -0.453 e. The summed E-state index contributed by atoms with van der Waals surface area (Å²) in [6.45, 7) is 0.790. The van der Waals surface area contributed by atoms with E-state index < -0.39 is 6.09 Å². The van der Waals surface area contributed by atoms with Crippen LogP contribution in [0.15, 0.2) is 24.3 Å². The van der Waals surface area contributed by atoms with Gasteiger partial charge in [0, 0.05) is 29.1 Å². The first-order valence-electron chi connectivity index (χ1n) is 8.21. The van der Waals surface area contributed by atoms with E-state index in [9.17, 15) is 14.4 Å². The van der Waals surface area contributed by atoms with Crippen molar-refractivity contribution in [3.8, 4) is 0 Å². The van der Waals surface area contributed by atoms with Gasteiger partial charge in [0.1, 0.15) is 5.00 Å². The van der Waals surface area contributed by atoms with E-state index >= 15 is 0 Å². The van der Waals surface area contributed by atoms with Crippen LogP contribution in [0.25, 0.3) is 0 Å². The number of nitrogens with zero attached hydrogens (tertiary/aromatic N) is 1. The second-order valence-electron chi connectivity index (χ2n) is 5.89. The van der Waals surface area contributed by atoms with Crippen LogP contribution >= 0.6 is 22.9 Å². The van der Waals surface area contributed by atoms with Gasteiger partial charge in [-0.1, -0.05) is 11.6 Å². The molecular weight excluding hydrogens is 390 g/mol. The van der Waals surface area contributed by atoms with E-state index in [4.69, 9.17) is 16.3 Å². The molecule has 1 aromatic heterocycles. The van der Waals surface area contributed by atoms with Gasteiger partial charge in [-0.15, -0.1) is 11.3 Å². The third kappa shape index (κ3) is 3.91. The molecule has 142 valence electrons. The fourth-order valence-corrected chi connectivity index (χ4v) is 4.30. The molecule has 0 radical (unpaired) electrons. The van der Waals surface area contributed by atoms with Crippen molar-refractivity contribution >= 4 is 45.8 Å². The summed E-state index contributed by atoms with van der Waals surface area (Å²) in [5, 5.41) is 6.43. The van der Waals surface area contributed by atoms with Crippen molar-refractivity contribution in [2.45, 2.75) is 13.0 Å². The highest BCUT2D eigenvalue weighted by molar-refractivity contribution is 7.17. The molecule has 1 aromatic carbocycles. The largest absolute Gasteiger partial charge is 0.453 e. The number of hydrogen-bond donors (Lipinski definition) is 2. The standard InChI is InChI=1S/C18H18ClN3O4S/c1-20-16(24)14-12-7-8-22(18(25)26-2)9-13(12)27-17(14)21-15(23)10-3-5-11(19)6-4-10/h3-6H,7-9H2,1-2H3,(H,20,24)(H,21,23). The zero-order chi connectivity index (χ0) is 19.6. The molecule has 0 spiro atoms. The van der Waals surface area contributed by atoms with Crippen molar-refractivity contribution in [2.24, 2.45) is 0 Å². The molecule has 0 saturated carbocycles. The topological polar surface area (TPSA) is 87.7 Å². The first-order chi connectivity index (χ1) is 12.9. The summed E-state index contributed by atoms with van der Waals surface area (Å²) in [4.78, 5) is 39.2. The lowest BCUT2D eigenvalue weighted by atomic mass is 10.0. The number of nitrogens with one attached hydrogen (secondary N) is 2. The van der Waals surface area contributed by atoms with Crippen molar-refractivity contribution in [1.29, 1.82) is 0 Å². The van der Waals surface area contributed by atoms with E-state index in [-0.39, 0.29) is 11.8 Å². The van der Waals surface area contributed by atoms with Gasteiger partial charge in [-0.3, -0.25) is 9.59 Å². The molecule has 0 unspecified atom stereocenters. The van der Waals surface area contributed by atoms with Crippen LogP contribution in [0.3, 0.4) is 0 Å². The van der Waals surface area contributed by atoms with E-state index in [1.54, 1.807) is 36.2 Å². The van der Waals surface area contributed by atoms with Crippen LogP contribution in [-0.4, -0.2) is 43.5 Å². The van der Waals surface area contributed by atoms with Gasteiger partial charge < -0.3 is 20.3 Å². The number of anilines is 1. The second kappa shape index (κ2) is 7.98. The number of thiophene rings is 1. The monoisotopic (exact) mass is 407 g/mol. The highest BCUT2D eigenvalue weighted by atomic mass is 35.5. The van der Waals surface area contributed by atoms with Gasteiger partial charge in [0.2, 0.25) is 0 Å². The van der Waals surface area contributed by atoms with Crippen molar-refractivity contribution < 1.29 is 19.1 Å². The summed E-state index contributed by atoms with van der Waals surface area (Å²) >= 11 is 7.15. The maximum atomic E-state index is 12.6. The van der Waals surface area contributed by atoms with Crippen molar-refractivity contribution in [1.82, 2.24) is 10.2 Å². The highest BCUT2D eigenvalue weighted by Crippen LogP contribution is 2.37. The molecule has 1 aliphatic heterocycles. The maximum Gasteiger partial charge on any atom is 0.409 e. The Kier molecular flexibility index (Phi) is 5.67. The van der Waals surface area contributed by atoms with Crippen LogP contribution in [0.4, 0.5) is 9.80 Å². The quantitative estimate of drug-likeness (QED) is 0.818. The van der Waals surface area contributed by atoms with Crippen molar-refractivity contribution in [2.75, 3.05) is 26.0 Å². The maximum absolute atomic E-state index is 12.6. The molecule has 0 saturated heterocycles. The smallest absolute Gasteiger partial charge is 0.409 e. The molecule has 0 bridgehead atoms. The lowest BCUT2D eigenvalue weighted by Crippen LogP contribution is -2.35. The Morgan fingerprint density at radius 1 is 1.19 bits per heavy atom. The summed E-state index contributed by atoms with van der Waals surface area (Å²) in [6, 6.07) is 6.49. The number of halogens is 1. The zero-order valence-corrected chi connectivity index (χ0v) is 16.4. The van der Waals surface area contributed by atoms with E-state index in [1.807, 2.05) is 0 Å². The van der Waals surface area contributed by atoms with Gasteiger partial charge in [-0.2, -0.15) is 0 Å². The third-order valence-corrected chi connectivity index (χ3v) is 5.66. The van der Waals surface area contributed by atoms with Crippen LogP contribution < -0.4 is 10.6 Å². The van der Waals surface area contributed by atoms with Gasteiger partial charge in [0.15, 0.2) is 0 Å². The Labute approximate surface area is 165 Å². The molecule has 0 aliphatic carbocycles. The zero-order valence-electron chi connectivity index (χ0n) is 14.8. The second-order valence-corrected chi connectivity index (χ2v) is 7.43. The van der Waals surface area contributed by atoms with Crippen molar-refractivity contribution in [3.05, 3.63) is 50.9 Å². The number of methoxy groups -OCH3 is 1. The number of rotatable bonds is 3. The fraction of sp³-hybridized carbons (Fsp3) is 0.278. The van der Waals surface area contributed by atoms with E-state index in [0.29, 0.717) is 40.7 Å². The number of amides is 3. The van der Waals surface area contributed by atoms with Crippen LogP contribution in [0.1, 0.15) is 31.2 Å². The van der Waals surface area contributed by atoms with Crippen LogP contribution in [0.2, 0.25) is 5.02 Å². The number of benzene rings is 1. The van der Waals surface area contributed by atoms with Gasteiger partial charge in [0.25, 0.3) is 11.8 Å². The first-order valence-corrected chi connectivity index (χ1v) is 9.40. The van der Waals surface area contributed by atoms with Gasteiger partial charge >= 0.3 is 6.09 Å². The minimum atomic E-state index is -0.415. The lowest BCUT2D eigenvalue weighted by Gasteiger charge is -2.25. The van der Waals surface area contributed by atoms with Gasteiger partial charge in [0.05, 0.1) is 19.2 Å². The Bertz CT molecular complexity index is 895. The SMILES string of the molecule is CNC(=O)c1c(NC(=O)c2ccc(Cl)cc2)sc2c1CCN(C(=O)OC)C2. The van der Waals surface area contributed by atoms with Crippen LogP contribution in [0, 0.1) is 0 Å². The Morgan fingerprint density at radius 2 is 1.89 bits per heavy atom. The molecule has 2 heterocycles. The van der Waals surface area contributed by atoms with E-state index in [2.05, 4.69) is 10.6 Å². The summed E-state index contributed by atoms with van der Waals surface area (Å²) in [7, 11) is 2.88. The van der Waals surface area contributed by atoms with Crippen LogP contribution in [-0.2, 0) is 17.7 Å². The molecule has 7 nitrogen and oxygen atoms in total. The third-order valence-electron chi connectivity index (χ3n) is 4.28. The molecule has 1 aliphatic rings.